The Labute approximate surface area is 170 Å². The van der Waals surface area contributed by atoms with Gasteiger partial charge in [0.05, 0.1) is 24.0 Å². The number of ether oxygens (including phenoxy) is 2. The van der Waals surface area contributed by atoms with Crippen LogP contribution in [-0.2, 0) is 0 Å². The molecular weight excluding hydrogens is 368 g/mol. The van der Waals surface area contributed by atoms with Gasteiger partial charge in [-0.25, -0.2) is 9.97 Å². The van der Waals surface area contributed by atoms with Crippen molar-refractivity contribution >= 4 is 23.2 Å². The van der Waals surface area contributed by atoms with Crippen molar-refractivity contribution < 1.29 is 14.3 Å². The van der Waals surface area contributed by atoms with E-state index in [0.29, 0.717) is 29.6 Å². The Morgan fingerprint density at radius 1 is 1.03 bits per heavy atom. The summed E-state index contributed by atoms with van der Waals surface area (Å²) >= 11 is 0. The molecule has 7 heteroatoms. The lowest BCUT2D eigenvalue weighted by atomic mass is 10.2. The molecule has 1 amide bonds. The van der Waals surface area contributed by atoms with Crippen LogP contribution in [-0.4, -0.2) is 28.6 Å². The molecule has 0 aliphatic carbocycles. The number of carbonyl (C=O) groups excluding carboxylic acids is 1. The Kier molecular flexibility index (Phi) is 6.63. The van der Waals surface area contributed by atoms with E-state index in [2.05, 4.69) is 20.6 Å². The van der Waals surface area contributed by atoms with Crippen molar-refractivity contribution in [2.75, 3.05) is 17.2 Å². The predicted molar refractivity (Wildman–Crippen MR) is 113 cm³/mol. The van der Waals surface area contributed by atoms with Gasteiger partial charge in [0.1, 0.15) is 11.5 Å². The fourth-order valence-corrected chi connectivity index (χ4v) is 2.57. The van der Waals surface area contributed by atoms with Gasteiger partial charge in [0.2, 0.25) is 5.95 Å². The van der Waals surface area contributed by atoms with E-state index >= 15 is 0 Å². The molecule has 1 heterocycles. The average Bonchev–Trinajstić information content (AvgIpc) is 2.71. The number of hydrogen-bond donors (Lipinski definition) is 2. The number of carbonyl (C=O) groups is 1. The van der Waals surface area contributed by atoms with Gasteiger partial charge in [0, 0.05) is 18.1 Å². The molecule has 0 spiro atoms. The second-order valence-electron chi connectivity index (χ2n) is 6.49. The highest BCUT2D eigenvalue weighted by Gasteiger charge is 2.10. The van der Waals surface area contributed by atoms with Crippen LogP contribution in [0.3, 0.4) is 0 Å². The first kappa shape index (κ1) is 20.1. The molecule has 29 heavy (non-hydrogen) atoms. The van der Waals surface area contributed by atoms with Crippen LogP contribution >= 0.6 is 0 Å². The second kappa shape index (κ2) is 9.54. The van der Waals surface area contributed by atoms with Crippen LogP contribution < -0.4 is 20.1 Å². The summed E-state index contributed by atoms with van der Waals surface area (Å²) in [6.45, 7) is 6.40. The van der Waals surface area contributed by atoms with Gasteiger partial charge in [-0.3, -0.25) is 4.79 Å². The van der Waals surface area contributed by atoms with E-state index in [1.165, 1.54) is 12.4 Å². The first-order chi connectivity index (χ1) is 14.0. The average molecular weight is 392 g/mol. The Morgan fingerprint density at radius 3 is 2.38 bits per heavy atom. The highest BCUT2D eigenvalue weighted by molar-refractivity contribution is 6.03. The molecule has 150 valence electrons. The van der Waals surface area contributed by atoms with Crippen molar-refractivity contribution in [2.24, 2.45) is 0 Å². The van der Waals surface area contributed by atoms with Gasteiger partial charge < -0.3 is 20.1 Å². The molecule has 1 aromatic heterocycles. The fraction of sp³-hybridized carbons (Fsp3) is 0.227. The lowest BCUT2D eigenvalue weighted by Gasteiger charge is -2.11. The molecule has 0 aliphatic heterocycles. The van der Waals surface area contributed by atoms with Gasteiger partial charge in [-0.15, -0.1) is 0 Å². The minimum Gasteiger partial charge on any atom is -0.492 e. The zero-order valence-electron chi connectivity index (χ0n) is 16.7. The highest BCUT2D eigenvalue weighted by atomic mass is 16.5. The lowest BCUT2D eigenvalue weighted by Crippen LogP contribution is -2.13. The quantitative estimate of drug-likeness (QED) is 0.580. The van der Waals surface area contributed by atoms with Crippen LogP contribution in [0.5, 0.6) is 11.5 Å². The summed E-state index contributed by atoms with van der Waals surface area (Å²) in [6, 6.07) is 14.7. The van der Waals surface area contributed by atoms with Crippen molar-refractivity contribution in [3.05, 3.63) is 66.5 Å². The van der Waals surface area contributed by atoms with Crippen LogP contribution in [0.1, 0.15) is 31.1 Å². The maximum Gasteiger partial charge on any atom is 0.258 e. The van der Waals surface area contributed by atoms with E-state index in [1.807, 2.05) is 57.2 Å². The summed E-state index contributed by atoms with van der Waals surface area (Å²) < 4.78 is 11.2. The number of anilines is 3. The number of nitrogens with zero attached hydrogens (tertiary/aromatic N) is 2. The van der Waals surface area contributed by atoms with Crippen LogP contribution in [0, 0.1) is 0 Å². The molecule has 7 nitrogen and oxygen atoms in total. The van der Waals surface area contributed by atoms with Crippen molar-refractivity contribution in [2.45, 2.75) is 26.9 Å². The van der Waals surface area contributed by atoms with Gasteiger partial charge >= 0.3 is 0 Å². The second-order valence-corrected chi connectivity index (χ2v) is 6.49. The number of hydrogen-bond acceptors (Lipinski definition) is 6. The van der Waals surface area contributed by atoms with Gasteiger partial charge in [0.15, 0.2) is 0 Å². The first-order valence-corrected chi connectivity index (χ1v) is 9.44. The van der Waals surface area contributed by atoms with Crippen molar-refractivity contribution in [1.82, 2.24) is 9.97 Å². The molecule has 0 unspecified atom stereocenters. The molecule has 0 bridgehead atoms. The Morgan fingerprint density at radius 2 is 1.72 bits per heavy atom. The SMILES string of the molecule is CCOc1ccccc1Nc1ncc(C(=O)Nc2ccc(OC(C)C)cc2)cn1. The van der Waals surface area contributed by atoms with E-state index in [4.69, 9.17) is 9.47 Å². The standard InChI is InChI=1S/C22H24N4O3/c1-4-28-20-8-6-5-7-19(20)26-22-23-13-16(14-24-22)21(27)25-17-9-11-18(12-10-17)29-15(2)3/h5-15H,4H2,1-3H3,(H,25,27)(H,23,24,26). The zero-order valence-corrected chi connectivity index (χ0v) is 16.7. The number of aromatic nitrogens is 2. The molecule has 0 atom stereocenters. The molecule has 3 rings (SSSR count). The van der Waals surface area contributed by atoms with Gasteiger partial charge in [-0.05, 0) is 57.2 Å². The number of nitrogens with one attached hydrogen (secondary N) is 2. The Bertz CT molecular complexity index is 941. The van der Waals surface area contributed by atoms with Crippen molar-refractivity contribution in [3.63, 3.8) is 0 Å². The van der Waals surface area contributed by atoms with Gasteiger partial charge in [0.25, 0.3) is 5.91 Å². The van der Waals surface area contributed by atoms with E-state index in [9.17, 15) is 4.79 Å². The van der Waals surface area contributed by atoms with Crippen molar-refractivity contribution in [1.29, 1.82) is 0 Å². The number of rotatable bonds is 8. The topological polar surface area (TPSA) is 85.4 Å². The van der Waals surface area contributed by atoms with Gasteiger partial charge in [-0.2, -0.15) is 0 Å². The fourth-order valence-electron chi connectivity index (χ4n) is 2.57. The molecule has 2 N–H and O–H groups in total. The summed E-state index contributed by atoms with van der Waals surface area (Å²) in [5.74, 6) is 1.56. The summed E-state index contributed by atoms with van der Waals surface area (Å²) in [5.41, 5.74) is 1.78. The number of para-hydroxylation sites is 2. The summed E-state index contributed by atoms with van der Waals surface area (Å²) in [4.78, 5) is 20.9. The summed E-state index contributed by atoms with van der Waals surface area (Å²) in [6.07, 6.45) is 3.05. The highest BCUT2D eigenvalue weighted by Crippen LogP contribution is 2.26. The zero-order chi connectivity index (χ0) is 20.6. The number of amides is 1. The maximum absolute atomic E-state index is 12.4. The summed E-state index contributed by atoms with van der Waals surface area (Å²) in [5, 5.41) is 5.92. The van der Waals surface area contributed by atoms with Crippen LogP contribution in [0.25, 0.3) is 0 Å². The minimum absolute atomic E-state index is 0.0974. The third-order valence-electron chi connectivity index (χ3n) is 3.83. The number of benzene rings is 2. The third-order valence-corrected chi connectivity index (χ3v) is 3.83. The maximum atomic E-state index is 12.4. The molecule has 0 saturated carbocycles. The normalized spacial score (nSPS) is 10.5. The van der Waals surface area contributed by atoms with Crippen LogP contribution in [0.15, 0.2) is 60.9 Å². The Balaban J connectivity index is 1.63. The third kappa shape index (κ3) is 5.68. The monoisotopic (exact) mass is 392 g/mol. The summed E-state index contributed by atoms with van der Waals surface area (Å²) in [7, 11) is 0. The lowest BCUT2D eigenvalue weighted by molar-refractivity contribution is 0.102. The van der Waals surface area contributed by atoms with E-state index in [1.54, 1.807) is 12.1 Å². The molecular formula is C22H24N4O3. The predicted octanol–water partition coefficient (Wildman–Crippen LogP) is 4.66. The van der Waals surface area contributed by atoms with Crippen molar-refractivity contribution in [3.8, 4) is 11.5 Å². The van der Waals surface area contributed by atoms with Gasteiger partial charge in [-0.1, -0.05) is 12.1 Å². The van der Waals surface area contributed by atoms with Crippen LogP contribution in [0.4, 0.5) is 17.3 Å². The molecule has 3 aromatic rings. The van der Waals surface area contributed by atoms with E-state index in [-0.39, 0.29) is 12.0 Å². The molecule has 0 saturated heterocycles. The molecule has 0 aliphatic rings. The van der Waals surface area contributed by atoms with E-state index in [0.717, 1.165) is 11.4 Å². The first-order valence-electron chi connectivity index (χ1n) is 9.44. The van der Waals surface area contributed by atoms with Crippen LogP contribution in [0.2, 0.25) is 0 Å². The Hall–Kier alpha value is -3.61. The van der Waals surface area contributed by atoms with E-state index < -0.39 is 0 Å². The smallest absolute Gasteiger partial charge is 0.258 e. The largest absolute Gasteiger partial charge is 0.492 e. The molecule has 2 aromatic carbocycles. The molecule has 0 fully saturated rings. The minimum atomic E-state index is -0.288. The molecule has 0 radical (unpaired) electrons.